The molecule has 2 heteroatoms. The average Bonchev–Trinajstić information content (AvgIpc) is 2.01. The van der Waals surface area contributed by atoms with Crippen molar-refractivity contribution in [3.05, 3.63) is 23.4 Å². The molecule has 0 aliphatic rings. The molecule has 0 aromatic heterocycles. The van der Waals surface area contributed by atoms with Gasteiger partial charge in [0.25, 0.3) is 0 Å². The van der Waals surface area contributed by atoms with E-state index in [0.29, 0.717) is 5.57 Å². The molecule has 70 valence electrons. The normalized spacial score (nSPS) is 13.8. The van der Waals surface area contributed by atoms with Gasteiger partial charge in [-0.05, 0) is 25.1 Å². The summed E-state index contributed by atoms with van der Waals surface area (Å²) in [6.07, 6.45) is 3.31. The Kier molecular flexibility index (Phi) is 4.13. The molecule has 0 bridgehead atoms. The quantitative estimate of drug-likeness (QED) is 0.362. The van der Waals surface area contributed by atoms with Crippen molar-refractivity contribution in [2.45, 2.75) is 27.7 Å². The van der Waals surface area contributed by atoms with Crippen LogP contribution in [-0.2, 0) is 0 Å². The zero-order chi connectivity index (χ0) is 10.5. The van der Waals surface area contributed by atoms with Crippen LogP contribution in [0.3, 0.4) is 0 Å². The standard InChI is InChI=1S/C11H16N2/c1-9(11(2,3)4)6-10(7-12)8-13-5/h6,8H,5H2,1-4H3/b9-6+,10-8+. The molecule has 0 spiro atoms. The first kappa shape index (κ1) is 11.6. The van der Waals surface area contributed by atoms with Crippen LogP contribution in [-0.4, -0.2) is 6.72 Å². The highest BCUT2D eigenvalue weighted by Gasteiger charge is 2.12. The van der Waals surface area contributed by atoms with Crippen LogP contribution < -0.4 is 0 Å². The second-order valence-corrected chi connectivity index (χ2v) is 3.96. The molecule has 0 saturated carbocycles. The lowest BCUT2D eigenvalue weighted by molar-refractivity contribution is 0.504. The first-order chi connectivity index (χ1) is 5.91. The molecule has 0 aromatic carbocycles. The minimum absolute atomic E-state index is 0.0944. The largest absolute Gasteiger partial charge is 0.271 e. The van der Waals surface area contributed by atoms with Gasteiger partial charge in [-0.3, -0.25) is 4.99 Å². The number of hydrogen-bond acceptors (Lipinski definition) is 2. The third kappa shape index (κ3) is 4.27. The number of aliphatic imine (C=N–C) groups is 1. The summed E-state index contributed by atoms with van der Waals surface area (Å²) in [6, 6.07) is 2.06. The van der Waals surface area contributed by atoms with Gasteiger partial charge in [-0.25, -0.2) is 0 Å². The van der Waals surface area contributed by atoms with E-state index in [2.05, 4.69) is 38.6 Å². The lowest BCUT2D eigenvalue weighted by Gasteiger charge is -2.19. The highest BCUT2D eigenvalue weighted by atomic mass is 14.6. The van der Waals surface area contributed by atoms with Crippen LogP contribution in [0.15, 0.2) is 28.4 Å². The van der Waals surface area contributed by atoms with Crippen LogP contribution in [0.1, 0.15) is 27.7 Å². The van der Waals surface area contributed by atoms with Crippen molar-refractivity contribution in [2.75, 3.05) is 0 Å². The molecule has 0 aliphatic carbocycles. The fourth-order valence-electron chi connectivity index (χ4n) is 0.647. The average molecular weight is 176 g/mol. The monoisotopic (exact) mass is 176 g/mol. The summed E-state index contributed by atoms with van der Waals surface area (Å²) in [6.45, 7) is 11.6. The van der Waals surface area contributed by atoms with Gasteiger partial charge in [-0.15, -0.1) is 0 Å². The molecule has 0 aromatic rings. The molecule has 0 N–H and O–H groups in total. The maximum absolute atomic E-state index is 8.72. The van der Waals surface area contributed by atoms with E-state index in [9.17, 15) is 0 Å². The number of nitriles is 1. The lowest BCUT2D eigenvalue weighted by Crippen LogP contribution is -2.06. The van der Waals surface area contributed by atoms with Crippen LogP contribution in [0.5, 0.6) is 0 Å². The van der Waals surface area contributed by atoms with Crippen molar-refractivity contribution in [1.29, 1.82) is 5.26 Å². The molecule has 0 fully saturated rings. The molecular weight excluding hydrogens is 160 g/mol. The van der Waals surface area contributed by atoms with E-state index in [-0.39, 0.29) is 5.41 Å². The Morgan fingerprint density at radius 3 is 2.31 bits per heavy atom. The molecule has 0 rings (SSSR count). The summed E-state index contributed by atoms with van der Waals surface area (Å²) in [7, 11) is 0. The summed E-state index contributed by atoms with van der Waals surface area (Å²) < 4.78 is 0. The molecule has 2 nitrogen and oxygen atoms in total. The van der Waals surface area contributed by atoms with Crippen LogP contribution in [0, 0.1) is 16.7 Å². The van der Waals surface area contributed by atoms with E-state index in [4.69, 9.17) is 5.26 Å². The number of rotatable bonds is 2. The van der Waals surface area contributed by atoms with Crippen molar-refractivity contribution in [3.8, 4) is 6.07 Å². The van der Waals surface area contributed by atoms with Crippen LogP contribution >= 0.6 is 0 Å². The molecule has 0 saturated heterocycles. The van der Waals surface area contributed by atoms with Gasteiger partial charge in [0.2, 0.25) is 0 Å². The summed E-state index contributed by atoms with van der Waals surface area (Å²) in [4.78, 5) is 3.56. The first-order valence-electron chi connectivity index (χ1n) is 4.16. The van der Waals surface area contributed by atoms with Crippen molar-refractivity contribution >= 4 is 6.72 Å². The summed E-state index contributed by atoms with van der Waals surface area (Å²) in [5.74, 6) is 0. The highest BCUT2D eigenvalue weighted by Crippen LogP contribution is 2.25. The highest BCUT2D eigenvalue weighted by molar-refractivity contribution is 5.38. The Hall–Kier alpha value is -1.36. The minimum atomic E-state index is 0.0944. The number of nitrogens with zero attached hydrogens (tertiary/aromatic N) is 2. The molecule has 13 heavy (non-hydrogen) atoms. The maximum atomic E-state index is 8.72. The Bertz CT molecular complexity index is 282. The molecule has 0 amide bonds. The third-order valence-corrected chi connectivity index (χ3v) is 1.91. The molecular formula is C11H16N2. The van der Waals surface area contributed by atoms with E-state index in [0.717, 1.165) is 5.57 Å². The third-order valence-electron chi connectivity index (χ3n) is 1.91. The van der Waals surface area contributed by atoms with Gasteiger partial charge < -0.3 is 0 Å². The van der Waals surface area contributed by atoms with Gasteiger partial charge in [-0.2, -0.15) is 5.26 Å². The minimum Gasteiger partial charge on any atom is -0.271 e. The Morgan fingerprint density at radius 2 is 2.00 bits per heavy atom. The number of allylic oxidation sites excluding steroid dienone is 3. The van der Waals surface area contributed by atoms with Crippen LogP contribution in [0.25, 0.3) is 0 Å². The van der Waals surface area contributed by atoms with Crippen molar-refractivity contribution < 1.29 is 0 Å². The molecule has 0 aliphatic heterocycles. The predicted octanol–water partition coefficient (Wildman–Crippen LogP) is 3.09. The van der Waals surface area contributed by atoms with Crippen molar-refractivity contribution in [2.24, 2.45) is 10.4 Å². The molecule has 0 radical (unpaired) electrons. The Labute approximate surface area is 80.3 Å². The predicted molar refractivity (Wildman–Crippen MR) is 56.5 cm³/mol. The van der Waals surface area contributed by atoms with Gasteiger partial charge in [-0.1, -0.05) is 26.3 Å². The van der Waals surface area contributed by atoms with E-state index in [1.165, 1.54) is 6.20 Å². The Balaban J connectivity index is 4.85. The van der Waals surface area contributed by atoms with Crippen LogP contribution in [0.4, 0.5) is 0 Å². The lowest BCUT2D eigenvalue weighted by atomic mass is 9.86. The van der Waals surface area contributed by atoms with Crippen LogP contribution in [0.2, 0.25) is 0 Å². The van der Waals surface area contributed by atoms with E-state index >= 15 is 0 Å². The Morgan fingerprint density at radius 1 is 1.46 bits per heavy atom. The molecule has 0 heterocycles. The van der Waals surface area contributed by atoms with E-state index in [1.54, 1.807) is 0 Å². The van der Waals surface area contributed by atoms with Gasteiger partial charge in [0.1, 0.15) is 6.07 Å². The first-order valence-corrected chi connectivity index (χ1v) is 4.16. The summed E-state index contributed by atoms with van der Waals surface area (Å²) in [5, 5.41) is 8.72. The fourth-order valence-corrected chi connectivity index (χ4v) is 0.647. The van der Waals surface area contributed by atoms with Crippen molar-refractivity contribution in [3.63, 3.8) is 0 Å². The maximum Gasteiger partial charge on any atom is 0.101 e. The summed E-state index contributed by atoms with van der Waals surface area (Å²) in [5.41, 5.74) is 1.79. The van der Waals surface area contributed by atoms with Gasteiger partial charge in [0.15, 0.2) is 0 Å². The van der Waals surface area contributed by atoms with E-state index in [1.807, 2.05) is 13.0 Å². The van der Waals surface area contributed by atoms with Gasteiger partial charge >= 0.3 is 0 Å². The fraction of sp³-hybridized carbons (Fsp3) is 0.455. The molecule has 0 unspecified atom stereocenters. The zero-order valence-electron chi connectivity index (χ0n) is 8.76. The molecule has 0 atom stereocenters. The second-order valence-electron chi connectivity index (χ2n) is 3.96. The van der Waals surface area contributed by atoms with E-state index < -0.39 is 0 Å². The van der Waals surface area contributed by atoms with Crippen molar-refractivity contribution in [1.82, 2.24) is 0 Å². The second kappa shape index (κ2) is 4.61. The SMILES string of the molecule is C=N/C=C(C#N)\C=C(/C)C(C)(C)C. The number of hydrogen-bond donors (Lipinski definition) is 0. The topological polar surface area (TPSA) is 36.1 Å². The van der Waals surface area contributed by atoms with Gasteiger partial charge in [0, 0.05) is 6.20 Å². The van der Waals surface area contributed by atoms with Gasteiger partial charge in [0.05, 0.1) is 5.57 Å². The summed E-state index contributed by atoms with van der Waals surface area (Å²) >= 11 is 0. The smallest absolute Gasteiger partial charge is 0.101 e. The zero-order valence-corrected chi connectivity index (χ0v) is 8.76.